The molecule has 1 N–H and O–H groups in total. The monoisotopic (exact) mass is 230 g/mol. The van der Waals surface area contributed by atoms with Gasteiger partial charge >= 0.3 is 0 Å². The van der Waals surface area contributed by atoms with Crippen LogP contribution < -0.4 is 10.1 Å². The average molecular weight is 230 g/mol. The Hall–Kier alpha value is -1.35. The van der Waals surface area contributed by atoms with Gasteiger partial charge in [0.15, 0.2) is 0 Å². The van der Waals surface area contributed by atoms with E-state index >= 15 is 0 Å². The number of hydrogen-bond donors (Lipinski definition) is 1. The van der Waals surface area contributed by atoms with Gasteiger partial charge in [-0.05, 0) is 49.4 Å². The lowest BCUT2D eigenvalue weighted by Crippen LogP contribution is -2.36. The van der Waals surface area contributed by atoms with Crippen molar-refractivity contribution in [2.24, 2.45) is 0 Å². The van der Waals surface area contributed by atoms with Gasteiger partial charge in [-0.2, -0.15) is 0 Å². The molecule has 2 heterocycles. The van der Waals surface area contributed by atoms with Crippen molar-refractivity contribution < 1.29 is 4.74 Å². The lowest BCUT2D eigenvalue weighted by Gasteiger charge is -2.23. The molecular formula is C14H18N2O. The third-order valence-electron chi connectivity index (χ3n) is 3.92. The van der Waals surface area contributed by atoms with E-state index in [2.05, 4.69) is 22.4 Å². The Morgan fingerprint density at radius 1 is 1.41 bits per heavy atom. The van der Waals surface area contributed by atoms with Crippen molar-refractivity contribution in [3.63, 3.8) is 0 Å². The molecule has 1 unspecified atom stereocenters. The fourth-order valence-electron chi connectivity index (χ4n) is 2.95. The Kier molecular flexibility index (Phi) is 2.63. The summed E-state index contributed by atoms with van der Waals surface area (Å²) in [5, 5.41) is 3.66. The SMILES string of the molecule is COc1cncc(C2=CCC3(CCCN3)C2)c1. The maximum Gasteiger partial charge on any atom is 0.137 e. The maximum absolute atomic E-state index is 5.23. The third-order valence-corrected chi connectivity index (χ3v) is 3.92. The summed E-state index contributed by atoms with van der Waals surface area (Å²) in [4.78, 5) is 4.23. The number of pyridine rings is 1. The van der Waals surface area contributed by atoms with E-state index in [4.69, 9.17) is 4.74 Å². The minimum atomic E-state index is 0.346. The lowest BCUT2D eigenvalue weighted by atomic mass is 9.92. The second-order valence-corrected chi connectivity index (χ2v) is 5.03. The van der Waals surface area contributed by atoms with Gasteiger partial charge in [-0.25, -0.2) is 0 Å². The van der Waals surface area contributed by atoms with Gasteiger partial charge in [0, 0.05) is 11.7 Å². The fourth-order valence-corrected chi connectivity index (χ4v) is 2.95. The topological polar surface area (TPSA) is 34.1 Å². The van der Waals surface area contributed by atoms with Crippen molar-refractivity contribution in [2.45, 2.75) is 31.2 Å². The molecule has 1 aliphatic carbocycles. The highest BCUT2D eigenvalue weighted by Crippen LogP contribution is 2.40. The molecular weight excluding hydrogens is 212 g/mol. The maximum atomic E-state index is 5.23. The van der Waals surface area contributed by atoms with Crippen molar-refractivity contribution in [2.75, 3.05) is 13.7 Å². The molecule has 1 aromatic heterocycles. The normalized spacial score (nSPS) is 27.5. The highest BCUT2D eigenvalue weighted by atomic mass is 16.5. The predicted octanol–water partition coefficient (Wildman–Crippen LogP) is 2.39. The van der Waals surface area contributed by atoms with E-state index in [0.717, 1.165) is 25.1 Å². The first-order chi connectivity index (χ1) is 8.31. The molecule has 0 aromatic carbocycles. The predicted molar refractivity (Wildman–Crippen MR) is 68.0 cm³/mol. The van der Waals surface area contributed by atoms with Crippen molar-refractivity contribution in [3.8, 4) is 5.75 Å². The summed E-state index contributed by atoms with van der Waals surface area (Å²) in [6.07, 6.45) is 10.9. The zero-order valence-electron chi connectivity index (χ0n) is 10.2. The Labute approximate surface area is 102 Å². The first-order valence-corrected chi connectivity index (χ1v) is 6.25. The molecule has 1 aromatic rings. The summed E-state index contributed by atoms with van der Waals surface area (Å²) in [7, 11) is 1.68. The van der Waals surface area contributed by atoms with Gasteiger partial charge in [0.1, 0.15) is 5.75 Å². The van der Waals surface area contributed by atoms with Crippen LogP contribution in [0.2, 0.25) is 0 Å². The van der Waals surface area contributed by atoms with E-state index in [9.17, 15) is 0 Å². The Balaban J connectivity index is 1.81. The van der Waals surface area contributed by atoms with Gasteiger partial charge in [0.2, 0.25) is 0 Å². The van der Waals surface area contributed by atoms with Crippen LogP contribution >= 0.6 is 0 Å². The molecule has 3 heteroatoms. The van der Waals surface area contributed by atoms with Crippen molar-refractivity contribution in [1.29, 1.82) is 0 Å². The molecule has 0 saturated carbocycles. The van der Waals surface area contributed by atoms with Gasteiger partial charge in [-0.15, -0.1) is 0 Å². The lowest BCUT2D eigenvalue weighted by molar-refractivity contribution is 0.405. The smallest absolute Gasteiger partial charge is 0.137 e. The van der Waals surface area contributed by atoms with Gasteiger partial charge < -0.3 is 10.1 Å². The molecule has 3 rings (SSSR count). The minimum Gasteiger partial charge on any atom is -0.495 e. The van der Waals surface area contributed by atoms with Crippen LogP contribution in [0.1, 0.15) is 31.2 Å². The molecule has 1 aliphatic heterocycles. The molecule has 3 nitrogen and oxygen atoms in total. The van der Waals surface area contributed by atoms with Crippen molar-refractivity contribution in [1.82, 2.24) is 10.3 Å². The van der Waals surface area contributed by atoms with E-state index in [1.807, 2.05) is 6.20 Å². The van der Waals surface area contributed by atoms with Crippen LogP contribution in [0.15, 0.2) is 24.5 Å². The summed E-state index contributed by atoms with van der Waals surface area (Å²) in [6, 6.07) is 2.08. The van der Waals surface area contributed by atoms with Crippen molar-refractivity contribution in [3.05, 3.63) is 30.1 Å². The standard InChI is InChI=1S/C14H18N2O/c1-17-13-7-12(9-15-10-13)11-3-5-14(8-11)4-2-6-16-14/h3,7,9-10,16H,2,4-6,8H2,1H3. The van der Waals surface area contributed by atoms with Gasteiger partial charge in [0.25, 0.3) is 0 Å². The summed E-state index contributed by atoms with van der Waals surface area (Å²) in [5.41, 5.74) is 2.96. The molecule has 17 heavy (non-hydrogen) atoms. The quantitative estimate of drug-likeness (QED) is 0.847. The van der Waals surface area contributed by atoms with Gasteiger partial charge in [-0.3, -0.25) is 4.98 Å². The average Bonchev–Trinajstić information content (AvgIpc) is 3.01. The van der Waals surface area contributed by atoms with Crippen LogP contribution in [0, 0.1) is 0 Å². The Bertz CT molecular complexity index is 447. The van der Waals surface area contributed by atoms with Gasteiger partial charge in [-0.1, -0.05) is 6.08 Å². The largest absolute Gasteiger partial charge is 0.495 e. The molecule has 90 valence electrons. The van der Waals surface area contributed by atoms with E-state index in [-0.39, 0.29) is 0 Å². The molecule has 0 bridgehead atoms. The van der Waals surface area contributed by atoms with Crippen molar-refractivity contribution >= 4 is 5.57 Å². The zero-order valence-corrected chi connectivity index (χ0v) is 10.2. The second-order valence-electron chi connectivity index (χ2n) is 5.03. The molecule has 0 radical (unpaired) electrons. The summed E-state index contributed by atoms with van der Waals surface area (Å²) in [5.74, 6) is 0.837. The molecule has 0 amide bonds. The van der Waals surface area contributed by atoms with E-state index in [0.29, 0.717) is 5.54 Å². The zero-order chi connectivity index (χ0) is 11.7. The van der Waals surface area contributed by atoms with E-state index in [1.54, 1.807) is 13.3 Å². The highest BCUT2D eigenvalue weighted by molar-refractivity contribution is 5.69. The first kappa shape index (κ1) is 10.8. The molecule has 1 fully saturated rings. The number of rotatable bonds is 2. The first-order valence-electron chi connectivity index (χ1n) is 6.25. The Morgan fingerprint density at radius 2 is 2.35 bits per heavy atom. The van der Waals surface area contributed by atoms with E-state index in [1.165, 1.54) is 24.0 Å². The Morgan fingerprint density at radius 3 is 3.12 bits per heavy atom. The highest BCUT2D eigenvalue weighted by Gasteiger charge is 2.37. The van der Waals surface area contributed by atoms with E-state index < -0.39 is 0 Å². The summed E-state index contributed by atoms with van der Waals surface area (Å²) >= 11 is 0. The van der Waals surface area contributed by atoms with Crippen LogP contribution in [0.4, 0.5) is 0 Å². The second kappa shape index (κ2) is 4.15. The molecule has 1 spiro atoms. The van der Waals surface area contributed by atoms with Gasteiger partial charge in [0.05, 0.1) is 13.3 Å². The van der Waals surface area contributed by atoms with Crippen LogP contribution in [0.5, 0.6) is 5.75 Å². The molecule has 1 saturated heterocycles. The number of aromatic nitrogens is 1. The third kappa shape index (κ3) is 1.95. The number of ether oxygens (including phenoxy) is 1. The summed E-state index contributed by atoms with van der Waals surface area (Å²) < 4.78 is 5.23. The van der Waals surface area contributed by atoms with Crippen LogP contribution in [0.25, 0.3) is 5.57 Å². The number of nitrogens with zero attached hydrogens (tertiary/aromatic N) is 1. The molecule has 2 aliphatic rings. The molecule has 1 atom stereocenters. The number of nitrogens with one attached hydrogen (secondary N) is 1. The minimum absolute atomic E-state index is 0.346. The number of hydrogen-bond acceptors (Lipinski definition) is 3. The number of methoxy groups -OCH3 is 1. The van der Waals surface area contributed by atoms with Crippen LogP contribution in [0.3, 0.4) is 0 Å². The summed E-state index contributed by atoms with van der Waals surface area (Å²) in [6.45, 7) is 1.16. The van der Waals surface area contributed by atoms with Crippen LogP contribution in [-0.2, 0) is 0 Å². The fraction of sp³-hybridized carbons (Fsp3) is 0.500. The van der Waals surface area contributed by atoms with Crippen LogP contribution in [-0.4, -0.2) is 24.2 Å².